The molecule has 28 heavy (non-hydrogen) atoms. The molecule has 1 aromatic heterocycles. The van der Waals surface area contributed by atoms with Crippen molar-refractivity contribution in [2.24, 2.45) is 0 Å². The summed E-state index contributed by atoms with van der Waals surface area (Å²) in [6.45, 7) is 6.40. The van der Waals surface area contributed by atoms with Crippen LogP contribution >= 0.6 is 0 Å². The summed E-state index contributed by atoms with van der Waals surface area (Å²) in [5.41, 5.74) is 3.29. The van der Waals surface area contributed by atoms with Gasteiger partial charge in [0.25, 0.3) is 11.6 Å². The van der Waals surface area contributed by atoms with Crippen LogP contribution in [0.4, 0.5) is 11.4 Å². The number of nitrogens with zero attached hydrogens (tertiary/aromatic N) is 4. The van der Waals surface area contributed by atoms with Crippen molar-refractivity contribution in [1.82, 2.24) is 10.1 Å². The molecule has 1 aliphatic heterocycles. The lowest BCUT2D eigenvalue weighted by Gasteiger charge is -2.32. The van der Waals surface area contributed by atoms with Crippen LogP contribution in [0.2, 0.25) is 0 Å². The number of hydrogen-bond donors (Lipinski definition) is 1. The lowest BCUT2D eigenvalue weighted by atomic mass is 10.1. The fourth-order valence-electron chi connectivity index (χ4n) is 3.40. The molecule has 0 radical (unpaired) electrons. The van der Waals surface area contributed by atoms with Gasteiger partial charge in [0.2, 0.25) is 5.82 Å². The lowest BCUT2D eigenvalue weighted by molar-refractivity contribution is -0.915. The Morgan fingerprint density at radius 1 is 1.11 bits per heavy atom. The van der Waals surface area contributed by atoms with Gasteiger partial charge in [-0.05, 0) is 19.1 Å². The third-order valence-corrected chi connectivity index (χ3v) is 5.08. The van der Waals surface area contributed by atoms with Crippen LogP contribution in [0.25, 0.3) is 11.4 Å². The molecule has 2 aromatic carbocycles. The van der Waals surface area contributed by atoms with Crippen molar-refractivity contribution in [2.45, 2.75) is 13.5 Å². The smallest absolute Gasteiger partial charge is 0.282 e. The molecule has 0 aliphatic carbocycles. The second-order valence-corrected chi connectivity index (χ2v) is 7.07. The molecule has 0 amide bonds. The van der Waals surface area contributed by atoms with E-state index in [0.717, 1.165) is 37.4 Å². The van der Waals surface area contributed by atoms with Gasteiger partial charge in [-0.25, -0.2) is 0 Å². The van der Waals surface area contributed by atoms with E-state index in [2.05, 4.69) is 15.0 Å². The number of anilines is 1. The summed E-state index contributed by atoms with van der Waals surface area (Å²) >= 11 is 0. The zero-order chi connectivity index (χ0) is 19.5. The summed E-state index contributed by atoms with van der Waals surface area (Å²) in [5, 5.41) is 14.9. The number of nitrogens with one attached hydrogen (secondary N) is 1. The standard InChI is InChI=1S/C20H21N5O3/c1-15-2-4-16(5-3-15)20-21-19(28-22-20)14-23-10-12-24(13-11-23)17-6-8-18(9-7-17)25(26)27/h2-9H,10-14H2,1H3/p+1. The monoisotopic (exact) mass is 380 g/mol. The first-order valence-corrected chi connectivity index (χ1v) is 9.31. The molecule has 1 aliphatic rings. The zero-order valence-electron chi connectivity index (χ0n) is 15.7. The number of nitro benzene ring substituents is 1. The Balaban J connectivity index is 1.33. The van der Waals surface area contributed by atoms with Crippen molar-refractivity contribution >= 4 is 11.4 Å². The SMILES string of the molecule is Cc1ccc(-c2noc(C[NH+]3CCN(c4ccc([N+](=O)[O-])cc4)CC3)n2)cc1. The topological polar surface area (TPSA) is 89.7 Å². The summed E-state index contributed by atoms with van der Waals surface area (Å²) in [7, 11) is 0. The van der Waals surface area contributed by atoms with Crippen molar-refractivity contribution in [3.63, 3.8) is 0 Å². The predicted octanol–water partition coefficient (Wildman–Crippen LogP) is 1.86. The number of benzene rings is 2. The first-order valence-electron chi connectivity index (χ1n) is 9.31. The maximum atomic E-state index is 10.8. The van der Waals surface area contributed by atoms with Crippen LogP contribution in [-0.2, 0) is 6.54 Å². The van der Waals surface area contributed by atoms with E-state index in [0.29, 0.717) is 18.3 Å². The Labute approximate surface area is 162 Å². The van der Waals surface area contributed by atoms with Crippen LogP contribution in [0.15, 0.2) is 53.1 Å². The molecular formula is C20H22N5O3+. The van der Waals surface area contributed by atoms with Gasteiger partial charge in [0, 0.05) is 23.4 Å². The highest BCUT2D eigenvalue weighted by molar-refractivity contribution is 5.54. The van der Waals surface area contributed by atoms with Crippen LogP contribution in [0.3, 0.4) is 0 Å². The Morgan fingerprint density at radius 2 is 1.79 bits per heavy atom. The number of aromatic nitrogens is 2. The fourth-order valence-corrected chi connectivity index (χ4v) is 3.40. The van der Waals surface area contributed by atoms with Gasteiger partial charge in [0.1, 0.15) is 0 Å². The number of aryl methyl sites for hydroxylation is 1. The van der Waals surface area contributed by atoms with Gasteiger partial charge in [0.15, 0.2) is 6.54 Å². The first kappa shape index (κ1) is 18.1. The lowest BCUT2D eigenvalue weighted by Crippen LogP contribution is -3.13. The Kier molecular flexibility index (Phi) is 5.03. The second-order valence-electron chi connectivity index (χ2n) is 7.07. The molecule has 0 bridgehead atoms. The number of piperazine rings is 1. The normalized spacial score (nSPS) is 15.0. The summed E-state index contributed by atoms with van der Waals surface area (Å²) in [4.78, 5) is 18.6. The first-order chi connectivity index (χ1) is 13.6. The van der Waals surface area contributed by atoms with Gasteiger partial charge in [-0.3, -0.25) is 10.1 Å². The predicted molar refractivity (Wildman–Crippen MR) is 104 cm³/mol. The molecule has 2 heterocycles. The highest BCUT2D eigenvalue weighted by Gasteiger charge is 2.23. The van der Waals surface area contributed by atoms with Gasteiger partial charge in [-0.1, -0.05) is 35.0 Å². The Bertz CT molecular complexity index is 945. The summed E-state index contributed by atoms with van der Waals surface area (Å²) < 4.78 is 5.44. The van der Waals surface area contributed by atoms with Crippen LogP contribution in [0.5, 0.6) is 0 Å². The molecule has 3 aromatic rings. The molecule has 4 rings (SSSR count). The quantitative estimate of drug-likeness (QED) is 0.537. The highest BCUT2D eigenvalue weighted by atomic mass is 16.6. The van der Waals surface area contributed by atoms with Crippen LogP contribution in [-0.4, -0.2) is 41.2 Å². The van der Waals surface area contributed by atoms with Crippen molar-refractivity contribution in [3.8, 4) is 11.4 Å². The van der Waals surface area contributed by atoms with E-state index in [1.54, 1.807) is 12.1 Å². The molecule has 1 N–H and O–H groups in total. The zero-order valence-corrected chi connectivity index (χ0v) is 15.7. The van der Waals surface area contributed by atoms with E-state index in [1.807, 2.05) is 43.3 Å². The molecule has 0 saturated carbocycles. The van der Waals surface area contributed by atoms with Crippen molar-refractivity contribution in [2.75, 3.05) is 31.1 Å². The largest absolute Gasteiger partial charge is 0.360 e. The molecular weight excluding hydrogens is 358 g/mol. The van der Waals surface area contributed by atoms with Crippen LogP contribution in [0.1, 0.15) is 11.5 Å². The Morgan fingerprint density at radius 3 is 2.43 bits per heavy atom. The molecule has 1 saturated heterocycles. The van der Waals surface area contributed by atoms with E-state index >= 15 is 0 Å². The molecule has 8 nitrogen and oxygen atoms in total. The number of quaternary nitrogens is 1. The van der Waals surface area contributed by atoms with Crippen LogP contribution in [0, 0.1) is 17.0 Å². The molecule has 144 valence electrons. The molecule has 8 heteroatoms. The average molecular weight is 380 g/mol. The van der Waals surface area contributed by atoms with E-state index in [1.165, 1.54) is 10.5 Å². The van der Waals surface area contributed by atoms with Gasteiger partial charge in [-0.2, -0.15) is 4.98 Å². The maximum Gasteiger partial charge on any atom is 0.282 e. The fraction of sp³-hybridized carbons (Fsp3) is 0.300. The van der Waals surface area contributed by atoms with E-state index in [4.69, 9.17) is 4.52 Å². The summed E-state index contributed by atoms with van der Waals surface area (Å²) in [6, 6.07) is 14.8. The average Bonchev–Trinajstić information content (AvgIpc) is 3.18. The number of nitro groups is 1. The minimum absolute atomic E-state index is 0.119. The third-order valence-electron chi connectivity index (χ3n) is 5.08. The van der Waals surface area contributed by atoms with Gasteiger partial charge in [0.05, 0.1) is 31.1 Å². The Hall–Kier alpha value is -3.26. The van der Waals surface area contributed by atoms with Crippen LogP contribution < -0.4 is 9.80 Å². The van der Waals surface area contributed by atoms with Gasteiger partial charge < -0.3 is 14.3 Å². The number of hydrogen-bond acceptors (Lipinski definition) is 6. The minimum atomic E-state index is -0.374. The van der Waals surface area contributed by atoms with Crippen molar-refractivity contribution in [1.29, 1.82) is 0 Å². The summed E-state index contributed by atoms with van der Waals surface area (Å²) in [6.07, 6.45) is 0. The van der Waals surface area contributed by atoms with E-state index < -0.39 is 0 Å². The molecule has 0 unspecified atom stereocenters. The van der Waals surface area contributed by atoms with Crippen molar-refractivity contribution in [3.05, 3.63) is 70.1 Å². The van der Waals surface area contributed by atoms with Crippen molar-refractivity contribution < 1.29 is 14.3 Å². The number of non-ortho nitro benzene ring substituents is 1. The van der Waals surface area contributed by atoms with E-state index in [9.17, 15) is 10.1 Å². The van der Waals surface area contributed by atoms with Gasteiger partial charge in [-0.15, -0.1) is 0 Å². The van der Waals surface area contributed by atoms with E-state index in [-0.39, 0.29) is 10.6 Å². The maximum absolute atomic E-state index is 10.8. The number of rotatable bonds is 5. The van der Waals surface area contributed by atoms with Gasteiger partial charge >= 0.3 is 0 Å². The third kappa shape index (κ3) is 4.01. The molecule has 0 spiro atoms. The minimum Gasteiger partial charge on any atom is -0.360 e. The second kappa shape index (κ2) is 7.77. The molecule has 0 atom stereocenters. The molecule has 1 fully saturated rings. The summed E-state index contributed by atoms with van der Waals surface area (Å²) in [5.74, 6) is 1.27. The highest BCUT2D eigenvalue weighted by Crippen LogP contribution is 2.19.